The number of amides is 1. The molecule has 0 spiro atoms. The van der Waals surface area contributed by atoms with Crippen LogP contribution in [0.15, 0.2) is 12.4 Å². The number of aromatic nitrogens is 2. The molecule has 1 fully saturated rings. The number of piperidine rings is 1. The van der Waals surface area contributed by atoms with Gasteiger partial charge in [0.25, 0.3) is 0 Å². The Morgan fingerprint density at radius 3 is 2.95 bits per heavy atom. The number of unbranched alkanes of at least 4 members (excludes halogenated alkanes) is 1. The molecule has 1 aromatic rings. The summed E-state index contributed by atoms with van der Waals surface area (Å²) in [7, 11) is 3.53. The fourth-order valence-corrected chi connectivity index (χ4v) is 2.79. The lowest BCUT2D eigenvalue weighted by atomic mass is 9.86. The maximum absolute atomic E-state index is 12.4. The van der Waals surface area contributed by atoms with E-state index in [1.165, 1.54) is 0 Å². The van der Waals surface area contributed by atoms with Crippen molar-refractivity contribution in [2.45, 2.75) is 31.7 Å². The van der Waals surface area contributed by atoms with Gasteiger partial charge in [-0.3, -0.25) is 14.3 Å². The van der Waals surface area contributed by atoms with Crippen molar-refractivity contribution in [1.29, 1.82) is 0 Å². The van der Waals surface area contributed by atoms with E-state index in [4.69, 9.17) is 11.2 Å². The summed E-state index contributed by atoms with van der Waals surface area (Å²) in [5, 5.41) is 4.14. The van der Waals surface area contributed by atoms with Crippen LogP contribution >= 0.6 is 0 Å². The zero-order valence-electron chi connectivity index (χ0n) is 13.0. The molecule has 1 aliphatic heterocycles. The highest BCUT2D eigenvalue weighted by Gasteiger charge is 2.40. The van der Waals surface area contributed by atoms with E-state index in [2.05, 4.69) is 11.0 Å². The van der Waals surface area contributed by atoms with Crippen molar-refractivity contribution in [2.75, 3.05) is 13.7 Å². The Morgan fingerprint density at radius 1 is 1.55 bits per heavy atom. The second-order valence-corrected chi connectivity index (χ2v) is 5.52. The van der Waals surface area contributed by atoms with Gasteiger partial charge in [-0.15, -0.1) is 12.3 Å². The van der Waals surface area contributed by atoms with Gasteiger partial charge in [0.15, 0.2) is 0 Å². The van der Waals surface area contributed by atoms with E-state index in [1.807, 2.05) is 6.20 Å². The van der Waals surface area contributed by atoms with Crippen LogP contribution in [-0.4, -0.2) is 40.2 Å². The highest BCUT2D eigenvalue weighted by Crippen LogP contribution is 2.36. The number of nitrogens with zero attached hydrogens (tertiary/aromatic N) is 3. The number of terminal acetylenes is 1. The number of hydrogen-bond donors (Lipinski definition) is 0. The topological polar surface area (TPSA) is 64.4 Å². The highest BCUT2D eigenvalue weighted by atomic mass is 16.5. The number of ether oxygens (including phenoxy) is 1. The first-order valence-corrected chi connectivity index (χ1v) is 7.39. The first-order valence-electron chi connectivity index (χ1n) is 7.39. The largest absolute Gasteiger partial charge is 0.465 e. The van der Waals surface area contributed by atoms with E-state index in [1.54, 1.807) is 29.9 Å². The number of rotatable bonds is 5. The number of aryl methyl sites for hydroxylation is 1. The molecule has 2 heterocycles. The van der Waals surface area contributed by atoms with Crippen LogP contribution in [0, 0.1) is 18.3 Å². The fourth-order valence-electron chi connectivity index (χ4n) is 2.79. The van der Waals surface area contributed by atoms with E-state index in [-0.39, 0.29) is 23.8 Å². The summed E-state index contributed by atoms with van der Waals surface area (Å²) in [6.45, 7) is 0.316. The maximum atomic E-state index is 12.4. The lowest BCUT2D eigenvalue weighted by molar-refractivity contribution is -0.156. The molecule has 22 heavy (non-hydrogen) atoms. The molecule has 6 nitrogen and oxygen atoms in total. The Hall–Kier alpha value is -2.29. The molecule has 2 atom stereocenters. The van der Waals surface area contributed by atoms with Crippen LogP contribution in [-0.2, 0) is 21.4 Å². The number of likely N-dealkylation sites (tertiary alicyclic amines) is 1. The standard InChI is InChI=1S/C16H21N3O3/c1-4-5-6-9-22-16(21)13-7-8-14(20)19(3)15(13)12-10-17-18(2)11-12/h1,10-11,13,15H,5-9H2,2-3H3/t13-,15+/m1/s1. The zero-order chi connectivity index (χ0) is 16.1. The summed E-state index contributed by atoms with van der Waals surface area (Å²) in [5.41, 5.74) is 0.851. The van der Waals surface area contributed by atoms with E-state index in [0.29, 0.717) is 32.3 Å². The normalized spacial score (nSPS) is 21.5. The third kappa shape index (κ3) is 3.48. The van der Waals surface area contributed by atoms with Crippen LogP contribution < -0.4 is 0 Å². The first kappa shape index (κ1) is 16.1. The molecular weight excluding hydrogens is 282 g/mol. The molecule has 118 valence electrons. The molecule has 0 aliphatic carbocycles. The van der Waals surface area contributed by atoms with Crippen molar-refractivity contribution in [2.24, 2.45) is 13.0 Å². The average Bonchev–Trinajstić information content (AvgIpc) is 2.92. The molecule has 0 aromatic carbocycles. The number of carbonyl (C=O) groups is 2. The van der Waals surface area contributed by atoms with Gasteiger partial charge in [0.05, 0.1) is 24.8 Å². The van der Waals surface area contributed by atoms with Crippen LogP contribution in [0.5, 0.6) is 0 Å². The van der Waals surface area contributed by atoms with Crippen molar-refractivity contribution < 1.29 is 14.3 Å². The Kier molecular flexibility index (Phi) is 5.21. The molecule has 0 N–H and O–H groups in total. The summed E-state index contributed by atoms with van der Waals surface area (Å²) >= 11 is 0. The zero-order valence-corrected chi connectivity index (χ0v) is 13.0. The molecule has 0 radical (unpaired) electrons. The molecule has 0 saturated carbocycles. The monoisotopic (exact) mass is 303 g/mol. The Bertz CT molecular complexity index is 588. The van der Waals surface area contributed by atoms with Gasteiger partial charge < -0.3 is 9.64 Å². The molecule has 1 aromatic heterocycles. The van der Waals surface area contributed by atoms with Gasteiger partial charge in [0.1, 0.15) is 0 Å². The summed E-state index contributed by atoms with van der Waals surface area (Å²) in [6, 6.07) is -0.324. The molecule has 1 aliphatic rings. The summed E-state index contributed by atoms with van der Waals surface area (Å²) in [4.78, 5) is 26.0. The molecular formula is C16H21N3O3. The Labute approximate surface area is 130 Å². The quantitative estimate of drug-likeness (QED) is 0.467. The molecule has 6 heteroatoms. The van der Waals surface area contributed by atoms with Crippen LogP contribution in [0.2, 0.25) is 0 Å². The predicted octanol–water partition coefficient (Wildman–Crippen LogP) is 1.29. The summed E-state index contributed by atoms with van der Waals surface area (Å²) in [6.07, 6.45) is 10.8. The molecule has 0 bridgehead atoms. The fraction of sp³-hybridized carbons (Fsp3) is 0.562. The SMILES string of the molecule is C#CCCCOC(=O)[C@@H]1CCC(=O)N(C)[C@H]1c1cnn(C)c1. The third-order valence-electron chi connectivity index (χ3n) is 3.94. The van der Waals surface area contributed by atoms with Crippen LogP contribution in [0.1, 0.15) is 37.3 Å². The summed E-state index contributed by atoms with van der Waals surface area (Å²) in [5.74, 6) is 1.91. The molecule has 2 rings (SSSR count). The second kappa shape index (κ2) is 7.12. The molecule has 1 amide bonds. The third-order valence-corrected chi connectivity index (χ3v) is 3.94. The highest BCUT2D eigenvalue weighted by molar-refractivity contribution is 5.82. The van der Waals surface area contributed by atoms with Gasteiger partial charge in [-0.05, 0) is 12.8 Å². The van der Waals surface area contributed by atoms with E-state index >= 15 is 0 Å². The average molecular weight is 303 g/mol. The molecule has 1 saturated heterocycles. The van der Waals surface area contributed by atoms with E-state index < -0.39 is 0 Å². The van der Waals surface area contributed by atoms with E-state index in [9.17, 15) is 9.59 Å². The minimum absolute atomic E-state index is 0.0326. The number of carbonyl (C=O) groups excluding carboxylic acids is 2. The van der Waals surface area contributed by atoms with Crippen LogP contribution in [0.3, 0.4) is 0 Å². The lowest BCUT2D eigenvalue weighted by Crippen LogP contribution is -2.43. The van der Waals surface area contributed by atoms with Gasteiger partial charge >= 0.3 is 5.97 Å². The first-order chi connectivity index (χ1) is 10.5. The minimum Gasteiger partial charge on any atom is -0.465 e. The smallest absolute Gasteiger partial charge is 0.311 e. The van der Waals surface area contributed by atoms with Crippen LogP contribution in [0.4, 0.5) is 0 Å². The Balaban J connectivity index is 2.11. The number of hydrogen-bond acceptors (Lipinski definition) is 4. The van der Waals surface area contributed by atoms with Crippen molar-refractivity contribution >= 4 is 11.9 Å². The van der Waals surface area contributed by atoms with Crippen LogP contribution in [0.25, 0.3) is 0 Å². The second-order valence-electron chi connectivity index (χ2n) is 5.52. The predicted molar refractivity (Wildman–Crippen MR) is 80.5 cm³/mol. The maximum Gasteiger partial charge on any atom is 0.311 e. The van der Waals surface area contributed by atoms with E-state index in [0.717, 1.165) is 5.56 Å². The van der Waals surface area contributed by atoms with Crippen molar-refractivity contribution in [3.05, 3.63) is 18.0 Å². The summed E-state index contributed by atoms with van der Waals surface area (Å²) < 4.78 is 6.99. The van der Waals surface area contributed by atoms with Gasteiger partial charge in [-0.25, -0.2) is 0 Å². The lowest BCUT2D eigenvalue weighted by Gasteiger charge is -2.37. The van der Waals surface area contributed by atoms with Crippen molar-refractivity contribution in [3.63, 3.8) is 0 Å². The van der Waals surface area contributed by atoms with Gasteiger partial charge in [-0.1, -0.05) is 0 Å². The van der Waals surface area contributed by atoms with Crippen molar-refractivity contribution in [3.8, 4) is 12.3 Å². The van der Waals surface area contributed by atoms with Crippen molar-refractivity contribution in [1.82, 2.24) is 14.7 Å². The van der Waals surface area contributed by atoms with Gasteiger partial charge in [0.2, 0.25) is 5.91 Å². The number of esters is 1. The minimum atomic E-state index is -0.363. The molecule has 0 unspecified atom stereocenters. The van der Waals surface area contributed by atoms with Gasteiger partial charge in [-0.2, -0.15) is 5.10 Å². The van der Waals surface area contributed by atoms with Gasteiger partial charge in [0, 0.05) is 38.7 Å². The Morgan fingerprint density at radius 2 is 2.32 bits per heavy atom.